The van der Waals surface area contributed by atoms with Crippen LogP contribution >= 0.6 is 0 Å². The van der Waals surface area contributed by atoms with Crippen molar-refractivity contribution in [1.29, 1.82) is 5.26 Å². The van der Waals surface area contributed by atoms with Gasteiger partial charge in [-0.05, 0) is 64.5 Å². The van der Waals surface area contributed by atoms with E-state index < -0.39 is 5.91 Å². The van der Waals surface area contributed by atoms with Gasteiger partial charge in [0.25, 0.3) is 5.91 Å². The van der Waals surface area contributed by atoms with E-state index >= 15 is 0 Å². The first kappa shape index (κ1) is 23.9. The lowest BCUT2D eigenvalue weighted by Crippen LogP contribution is -2.44. The number of benzene rings is 2. The van der Waals surface area contributed by atoms with Crippen LogP contribution < -0.4 is 19.7 Å². The van der Waals surface area contributed by atoms with Gasteiger partial charge in [0.15, 0.2) is 0 Å². The molecule has 0 aromatic heterocycles. The summed E-state index contributed by atoms with van der Waals surface area (Å²) in [4.78, 5) is 15.2. The van der Waals surface area contributed by atoms with Crippen LogP contribution in [0.4, 0.5) is 11.4 Å². The van der Waals surface area contributed by atoms with Gasteiger partial charge in [-0.1, -0.05) is 12.1 Å². The number of carbonyl (C=O) groups excluding carboxylic acids is 1. The maximum Gasteiger partial charge on any atom is 0.266 e. The zero-order chi connectivity index (χ0) is 24.2. The number of ether oxygens (including phenoxy) is 2. The molecule has 0 atom stereocenters. The van der Waals surface area contributed by atoms with Gasteiger partial charge >= 0.3 is 0 Å². The molecule has 1 aliphatic rings. The van der Waals surface area contributed by atoms with Gasteiger partial charge in [-0.15, -0.1) is 0 Å². The van der Waals surface area contributed by atoms with Crippen molar-refractivity contribution in [2.75, 3.05) is 30.5 Å². The van der Waals surface area contributed by atoms with Crippen molar-refractivity contribution in [3.8, 4) is 17.6 Å². The van der Waals surface area contributed by atoms with Crippen LogP contribution in [0.15, 0.2) is 48.0 Å². The number of anilines is 2. The van der Waals surface area contributed by atoms with Gasteiger partial charge in [-0.2, -0.15) is 5.26 Å². The van der Waals surface area contributed by atoms with Gasteiger partial charge in [0.2, 0.25) is 0 Å². The molecule has 0 aliphatic carbocycles. The van der Waals surface area contributed by atoms with E-state index in [-0.39, 0.29) is 11.1 Å². The number of amides is 1. The van der Waals surface area contributed by atoms with Gasteiger partial charge < -0.3 is 19.7 Å². The van der Waals surface area contributed by atoms with Gasteiger partial charge in [-0.3, -0.25) is 4.79 Å². The highest BCUT2D eigenvalue weighted by atomic mass is 16.5. The third kappa shape index (κ3) is 5.04. The molecule has 1 amide bonds. The van der Waals surface area contributed by atoms with E-state index in [4.69, 9.17) is 9.47 Å². The second-order valence-electron chi connectivity index (χ2n) is 8.42. The molecule has 0 spiro atoms. The van der Waals surface area contributed by atoms with E-state index in [1.807, 2.05) is 31.2 Å². The zero-order valence-corrected chi connectivity index (χ0v) is 20.2. The second kappa shape index (κ2) is 9.83. The highest BCUT2D eigenvalue weighted by Gasteiger charge is 2.31. The minimum atomic E-state index is -0.491. The van der Waals surface area contributed by atoms with Crippen molar-refractivity contribution in [2.45, 2.75) is 40.2 Å². The lowest BCUT2D eigenvalue weighted by atomic mass is 9.87. The minimum absolute atomic E-state index is 0.0137. The predicted octanol–water partition coefficient (Wildman–Crippen LogP) is 5.66. The molecule has 1 aliphatic heterocycles. The Morgan fingerprint density at radius 1 is 1.24 bits per heavy atom. The van der Waals surface area contributed by atoms with Crippen molar-refractivity contribution in [3.05, 3.63) is 59.2 Å². The smallest absolute Gasteiger partial charge is 0.266 e. The summed E-state index contributed by atoms with van der Waals surface area (Å²) in [6.45, 7) is 11.8. The third-order valence-corrected chi connectivity index (χ3v) is 5.71. The van der Waals surface area contributed by atoms with Crippen LogP contribution in [0.1, 0.15) is 45.7 Å². The Balaban J connectivity index is 1.99. The van der Waals surface area contributed by atoms with Crippen LogP contribution in [-0.4, -0.2) is 31.7 Å². The molecule has 0 bridgehead atoms. The Morgan fingerprint density at radius 2 is 2.00 bits per heavy atom. The first-order valence-electron chi connectivity index (χ1n) is 11.1. The highest BCUT2D eigenvalue weighted by Crippen LogP contribution is 2.42. The predicted molar refractivity (Wildman–Crippen MR) is 134 cm³/mol. The minimum Gasteiger partial charge on any atom is -0.496 e. The molecule has 0 saturated heterocycles. The fraction of sp³-hybridized carbons (Fsp3) is 0.333. The Morgan fingerprint density at radius 3 is 2.64 bits per heavy atom. The van der Waals surface area contributed by atoms with Crippen molar-refractivity contribution in [3.63, 3.8) is 0 Å². The number of carbonyl (C=O) groups is 1. The highest BCUT2D eigenvalue weighted by molar-refractivity contribution is 6.10. The quantitative estimate of drug-likeness (QED) is 0.440. The summed E-state index contributed by atoms with van der Waals surface area (Å²) in [6.07, 6.45) is 3.81. The summed E-state index contributed by atoms with van der Waals surface area (Å²) in [5.41, 5.74) is 4.38. The van der Waals surface area contributed by atoms with Crippen LogP contribution in [0.3, 0.4) is 0 Å². The maximum atomic E-state index is 12.9. The van der Waals surface area contributed by atoms with Crippen LogP contribution in [0, 0.1) is 11.3 Å². The topological polar surface area (TPSA) is 74.6 Å². The molecule has 6 heteroatoms. The fourth-order valence-corrected chi connectivity index (χ4v) is 4.32. The number of nitrogens with one attached hydrogen (secondary N) is 1. The van der Waals surface area contributed by atoms with Gasteiger partial charge in [-0.25, -0.2) is 0 Å². The van der Waals surface area contributed by atoms with E-state index in [9.17, 15) is 10.1 Å². The molecule has 0 radical (unpaired) electrons. The lowest BCUT2D eigenvalue weighted by Gasteiger charge is -2.43. The molecule has 0 saturated carbocycles. The van der Waals surface area contributed by atoms with Crippen molar-refractivity contribution in [1.82, 2.24) is 0 Å². The Bertz CT molecular complexity index is 1160. The number of hydrogen-bond acceptors (Lipinski definition) is 5. The van der Waals surface area contributed by atoms with E-state index in [1.54, 1.807) is 31.4 Å². The van der Waals surface area contributed by atoms with Crippen LogP contribution in [-0.2, 0) is 4.79 Å². The van der Waals surface area contributed by atoms with Crippen LogP contribution in [0.5, 0.6) is 11.5 Å². The second-order valence-corrected chi connectivity index (χ2v) is 8.42. The average molecular weight is 446 g/mol. The monoisotopic (exact) mass is 445 g/mol. The number of nitriles is 1. The van der Waals surface area contributed by atoms with E-state index in [2.05, 4.69) is 44.0 Å². The summed E-state index contributed by atoms with van der Waals surface area (Å²) in [6, 6.07) is 13.1. The molecule has 2 aromatic rings. The fourth-order valence-electron chi connectivity index (χ4n) is 4.32. The molecular formula is C27H31N3O3. The zero-order valence-electron chi connectivity index (χ0n) is 20.2. The van der Waals surface area contributed by atoms with Crippen LogP contribution in [0.25, 0.3) is 11.6 Å². The summed E-state index contributed by atoms with van der Waals surface area (Å²) < 4.78 is 11.1. The molecular weight excluding hydrogens is 414 g/mol. The summed E-state index contributed by atoms with van der Waals surface area (Å²) in [5, 5.41) is 12.5. The molecule has 1 heterocycles. The Hall–Kier alpha value is -3.72. The van der Waals surface area contributed by atoms with E-state index in [1.165, 1.54) is 0 Å². The van der Waals surface area contributed by atoms with Gasteiger partial charge in [0, 0.05) is 41.2 Å². The van der Waals surface area contributed by atoms with Gasteiger partial charge in [0.05, 0.1) is 19.3 Å². The maximum absolute atomic E-state index is 12.9. The number of likely N-dealkylation sites (N-methyl/N-ethyl adjacent to an activating group) is 1. The number of nitrogens with zero attached hydrogens (tertiary/aromatic N) is 2. The van der Waals surface area contributed by atoms with E-state index in [0.717, 1.165) is 23.4 Å². The number of hydrogen-bond donors (Lipinski definition) is 1. The van der Waals surface area contributed by atoms with Crippen molar-refractivity contribution < 1.29 is 14.3 Å². The average Bonchev–Trinajstić information content (AvgIpc) is 2.77. The first-order chi connectivity index (χ1) is 15.7. The van der Waals surface area contributed by atoms with Crippen molar-refractivity contribution >= 4 is 28.9 Å². The van der Waals surface area contributed by atoms with Gasteiger partial charge in [0.1, 0.15) is 23.1 Å². The third-order valence-electron chi connectivity index (χ3n) is 5.71. The molecule has 6 nitrogen and oxygen atoms in total. The number of fused-ring (bicyclic) bond motifs is 1. The molecule has 1 N–H and O–H groups in total. The molecule has 172 valence electrons. The molecule has 2 aromatic carbocycles. The summed E-state index contributed by atoms with van der Waals surface area (Å²) in [5.74, 6) is 0.769. The number of rotatable bonds is 7. The summed E-state index contributed by atoms with van der Waals surface area (Å²) >= 11 is 0. The summed E-state index contributed by atoms with van der Waals surface area (Å²) in [7, 11) is 1.59. The molecule has 3 rings (SSSR count). The van der Waals surface area contributed by atoms with Crippen LogP contribution in [0.2, 0.25) is 0 Å². The SMILES string of the molecule is CCOc1cccc(NC(=O)/C(C#N)=C/c2cc3c(cc2OC)N(CC)C(C)(C)C=C3C)c1. The normalized spacial score (nSPS) is 14.6. The Labute approximate surface area is 196 Å². The van der Waals surface area contributed by atoms with Crippen molar-refractivity contribution in [2.24, 2.45) is 0 Å². The number of allylic oxidation sites excluding steroid dienone is 1. The molecule has 0 unspecified atom stereocenters. The standard InChI is InChI=1S/C27H31N3O3/c1-7-30-24-15-25(32-6)19(13-23(24)18(3)16-27(30,4)5)12-20(17-28)26(31)29-21-10-9-11-22(14-21)33-8-2/h9-16H,7-8H2,1-6H3,(H,29,31)/b20-12+. The lowest BCUT2D eigenvalue weighted by molar-refractivity contribution is -0.112. The number of methoxy groups -OCH3 is 1. The Kier molecular flexibility index (Phi) is 7.13. The largest absolute Gasteiger partial charge is 0.496 e. The van der Waals surface area contributed by atoms with E-state index in [0.29, 0.717) is 29.4 Å². The molecule has 33 heavy (non-hydrogen) atoms. The first-order valence-corrected chi connectivity index (χ1v) is 11.1. The molecule has 0 fully saturated rings.